The fourth-order valence-electron chi connectivity index (χ4n) is 4.64. The van der Waals surface area contributed by atoms with Crippen LogP contribution in [0.1, 0.15) is 44.1 Å². The number of hydrogen-bond acceptors (Lipinski definition) is 3. The molecule has 5 nitrogen and oxygen atoms in total. The topological polar surface area (TPSA) is 48.6 Å². The maximum Gasteiger partial charge on any atom is 0.409 e. The van der Waals surface area contributed by atoms with Crippen molar-refractivity contribution in [3.63, 3.8) is 0 Å². The molecule has 0 aliphatic carbocycles. The molecule has 0 atom stereocenters. The zero-order valence-electron chi connectivity index (χ0n) is 15.6. The van der Waals surface area contributed by atoms with E-state index < -0.39 is 0 Å². The molecular formula is C21H29N3O2. The number of hydrogen-bond donors (Lipinski definition) is 1. The Bertz CT molecular complexity index is 741. The van der Waals surface area contributed by atoms with Gasteiger partial charge in [-0.1, -0.05) is 18.2 Å². The van der Waals surface area contributed by atoms with Crippen molar-refractivity contribution in [2.24, 2.45) is 0 Å². The fraction of sp³-hybridized carbons (Fsp3) is 0.571. The van der Waals surface area contributed by atoms with E-state index in [-0.39, 0.29) is 6.09 Å². The third kappa shape index (κ3) is 3.45. The Kier molecular flexibility index (Phi) is 5.16. The highest BCUT2D eigenvalue weighted by molar-refractivity contribution is 5.83. The monoisotopic (exact) mass is 355 g/mol. The highest BCUT2D eigenvalue weighted by Crippen LogP contribution is 2.34. The first-order chi connectivity index (χ1) is 12.8. The number of H-pyrrole nitrogens is 1. The summed E-state index contributed by atoms with van der Waals surface area (Å²) in [6.07, 6.45) is 6.64. The molecule has 1 N–H and O–H groups in total. The summed E-state index contributed by atoms with van der Waals surface area (Å²) in [4.78, 5) is 19.8. The minimum Gasteiger partial charge on any atom is -0.450 e. The van der Waals surface area contributed by atoms with Crippen molar-refractivity contribution in [2.75, 3.05) is 32.8 Å². The van der Waals surface area contributed by atoms with Crippen LogP contribution in [0.25, 0.3) is 10.9 Å². The van der Waals surface area contributed by atoms with Crippen LogP contribution >= 0.6 is 0 Å². The van der Waals surface area contributed by atoms with Gasteiger partial charge in [-0.15, -0.1) is 0 Å². The van der Waals surface area contributed by atoms with Crippen LogP contribution in [-0.4, -0.2) is 59.7 Å². The van der Waals surface area contributed by atoms with Gasteiger partial charge in [-0.05, 0) is 63.2 Å². The third-order valence-corrected chi connectivity index (χ3v) is 6.10. The van der Waals surface area contributed by atoms with E-state index in [0.717, 1.165) is 39.0 Å². The Morgan fingerprint density at radius 1 is 1.12 bits per heavy atom. The summed E-state index contributed by atoms with van der Waals surface area (Å²) < 4.78 is 5.12. The molecule has 2 aliphatic rings. The van der Waals surface area contributed by atoms with Gasteiger partial charge in [0.2, 0.25) is 0 Å². The Hall–Kier alpha value is -2.01. The lowest BCUT2D eigenvalue weighted by atomic mass is 9.88. The number of carbonyl (C=O) groups excluding carboxylic acids is 1. The number of likely N-dealkylation sites (tertiary alicyclic amines) is 2. The number of ether oxygens (including phenoxy) is 1. The highest BCUT2D eigenvalue weighted by Gasteiger charge is 2.30. The van der Waals surface area contributed by atoms with Gasteiger partial charge in [0.05, 0.1) is 6.61 Å². The van der Waals surface area contributed by atoms with Gasteiger partial charge in [0.15, 0.2) is 0 Å². The molecule has 1 aromatic carbocycles. The van der Waals surface area contributed by atoms with E-state index >= 15 is 0 Å². The van der Waals surface area contributed by atoms with E-state index in [1.165, 1.54) is 29.3 Å². The van der Waals surface area contributed by atoms with Gasteiger partial charge in [-0.25, -0.2) is 4.79 Å². The van der Waals surface area contributed by atoms with E-state index in [1.54, 1.807) is 0 Å². The second kappa shape index (κ2) is 7.70. The average Bonchev–Trinajstić information content (AvgIpc) is 3.13. The van der Waals surface area contributed by atoms with Crippen molar-refractivity contribution in [1.29, 1.82) is 0 Å². The number of amides is 1. The molecule has 0 spiro atoms. The van der Waals surface area contributed by atoms with Crippen LogP contribution in [0.15, 0.2) is 30.5 Å². The maximum atomic E-state index is 11.8. The van der Waals surface area contributed by atoms with E-state index in [4.69, 9.17) is 4.74 Å². The summed E-state index contributed by atoms with van der Waals surface area (Å²) in [6.45, 7) is 6.29. The first-order valence-electron chi connectivity index (χ1n) is 9.98. The summed E-state index contributed by atoms with van der Waals surface area (Å²) in [5.41, 5.74) is 2.73. The molecule has 0 radical (unpaired) electrons. The molecule has 1 amide bonds. The summed E-state index contributed by atoms with van der Waals surface area (Å²) in [5.74, 6) is 0.655. The first-order valence-corrected chi connectivity index (χ1v) is 9.98. The average molecular weight is 355 g/mol. The van der Waals surface area contributed by atoms with Crippen LogP contribution in [0.3, 0.4) is 0 Å². The number of aromatic nitrogens is 1. The number of rotatable bonds is 3. The molecular weight excluding hydrogens is 326 g/mol. The molecule has 0 unspecified atom stereocenters. The lowest BCUT2D eigenvalue weighted by Crippen LogP contribution is -2.48. The summed E-state index contributed by atoms with van der Waals surface area (Å²) in [7, 11) is 0. The zero-order valence-corrected chi connectivity index (χ0v) is 15.6. The molecule has 0 bridgehead atoms. The Morgan fingerprint density at radius 2 is 1.85 bits per heavy atom. The summed E-state index contributed by atoms with van der Waals surface area (Å²) in [6, 6.07) is 9.23. The third-order valence-electron chi connectivity index (χ3n) is 6.10. The molecule has 4 rings (SSSR count). The number of para-hydroxylation sites is 1. The molecule has 1 aromatic heterocycles. The van der Waals surface area contributed by atoms with Crippen LogP contribution < -0.4 is 0 Å². The predicted octanol–water partition coefficient (Wildman–Crippen LogP) is 3.97. The van der Waals surface area contributed by atoms with Crippen molar-refractivity contribution in [1.82, 2.24) is 14.8 Å². The van der Waals surface area contributed by atoms with E-state index in [2.05, 4.69) is 40.3 Å². The number of nitrogens with zero attached hydrogens (tertiary/aromatic N) is 2. The van der Waals surface area contributed by atoms with Crippen LogP contribution in [0.4, 0.5) is 4.79 Å². The summed E-state index contributed by atoms with van der Waals surface area (Å²) in [5, 5.41) is 1.38. The van der Waals surface area contributed by atoms with Crippen molar-refractivity contribution >= 4 is 17.0 Å². The molecule has 0 saturated carbocycles. The minimum atomic E-state index is -0.149. The Morgan fingerprint density at radius 3 is 2.58 bits per heavy atom. The van der Waals surface area contributed by atoms with Crippen molar-refractivity contribution in [3.05, 3.63) is 36.0 Å². The Labute approximate surface area is 155 Å². The second-order valence-corrected chi connectivity index (χ2v) is 7.52. The molecule has 2 aromatic rings. The zero-order chi connectivity index (χ0) is 17.9. The van der Waals surface area contributed by atoms with Gasteiger partial charge in [0, 0.05) is 36.2 Å². The number of carbonyl (C=O) groups is 1. The van der Waals surface area contributed by atoms with Crippen LogP contribution in [-0.2, 0) is 4.74 Å². The molecule has 2 fully saturated rings. The lowest BCUT2D eigenvalue weighted by molar-refractivity contribution is 0.0663. The number of piperidine rings is 2. The molecule has 2 saturated heterocycles. The molecule has 3 heterocycles. The molecule has 140 valence electrons. The lowest BCUT2D eigenvalue weighted by Gasteiger charge is -2.41. The van der Waals surface area contributed by atoms with Crippen molar-refractivity contribution in [2.45, 2.75) is 44.6 Å². The van der Waals surface area contributed by atoms with E-state index in [9.17, 15) is 4.79 Å². The van der Waals surface area contributed by atoms with Gasteiger partial charge >= 0.3 is 6.09 Å². The SMILES string of the molecule is CCOC(=O)N1CCC(N2CCC(c3c[nH]c4ccccc34)CC2)CC1. The fourth-order valence-corrected chi connectivity index (χ4v) is 4.64. The minimum absolute atomic E-state index is 0.149. The van der Waals surface area contributed by atoms with Crippen LogP contribution in [0, 0.1) is 0 Å². The van der Waals surface area contributed by atoms with Gasteiger partial charge in [-0.2, -0.15) is 0 Å². The normalized spacial score (nSPS) is 20.6. The van der Waals surface area contributed by atoms with Crippen molar-refractivity contribution in [3.8, 4) is 0 Å². The molecule has 2 aliphatic heterocycles. The van der Waals surface area contributed by atoms with E-state index in [1.807, 2.05) is 11.8 Å². The molecule has 5 heteroatoms. The highest BCUT2D eigenvalue weighted by atomic mass is 16.6. The van der Waals surface area contributed by atoms with Gasteiger partial charge in [-0.3, -0.25) is 0 Å². The number of benzene rings is 1. The summed E-state index contributed by atoms with van der Waals surface area (Å²) >= 11 is 0. The largest absolute Gasteiger partial charge is 0.450 e. The van der Waals surface area contributed by atoms with Gasteiger partial charge < -0.3 is 19.5 Å². The number of fused-ring (bicyclic) bond motifs is 1. The van der Waals surface area contributed by atoms with Crippen molar-refractivity contribution < 1.29 is 9.53 Å². The predicted molar refractivity (Wildman–Crippen MR) is 103 cm³/mol. The Balaban J connectivity index is 1.31. The van der Waals surface area contributed by atoms with E-state index in [0.29, 0.717) is 18.6 Å². The van der Waals surface area contributed by atoms with Gasteiger partial charge in [0.25, 0.3) is 0 Å². The second-order valence-electron chi connectivity index (χ2n) is 7.52. The standard InChI is InChI=1S/C21H29N3O2/c1-2-26-21(25)24-13-9-17(10-14-24)23-11-7-16(8-12-23)19-15-22-20-6-4-3-5-18(19)20/h3-6,15-17,22H,2,7-14H2,1H3. The van der Waals surface area contributed by atoms with Gasteiger partial charge in [0.1, 0.15) is 0 Å². The quantitative estimate of drug-likeness (QED) is 0.906. The number of nitrogens with one attached hydrogen (secondary N) is 1. The smallest absolute Gasteiger partial charge is 0.409 e. The molecule has 26 heavy (non-hydrogen) atoms. The number of aromatic amines is 1. The first kappa shape index (κ1) is 17.4. The van der Waals surface area contributed by atoms with Crippen LogP contribution in [0.5, 0.6) is 0 Å². The maximum absolute atomic E-state index is 11.8. The van der Waals surface area contributed by atoms with Crippen LogP contribution in [0.2, 0.25) is 0 Å².